The standard InChI is InChI=1S/C18H17BrN2O4/c1-11(22)25-15-8-4-13(5-9-15)18(24)21-16(17(20)23)10-12-2-6-14(19)7-3-12/h2-9,16H,10H2,1H3,(H2,20,23)(H,21,24)/t16-/m0/s1. The summed E-state index contributed by atoms with van der Waals surface area (Å²) < 4.78 is 5.83. The maximum atomic E-state index is 12.3. The van der Waals surface area contributed by atoms with Crippen LogP contribution in [0.25, 0.3) is 0 Å². The summed E-state index contributed by atoms with van der Waals surface area (Å²) in [6.07, 6.45) is 0.292. The predicted molar refractivity (Wildman–Crippen MR) is 96.0 cm³/mol. The van der Waals surface area contributed by atoms with Crippen LogP contribution in [0.5, 0.6) is 5.75 Å². The van der Waals surface area contributed by atoms with Crippen LogP contribution in [0, 0.1) is 0 Å². The van der Waals surface area contributed by atoms with Gasteiger partial charge in [0, 0.05) is 23.4 Å². The van der Waals surface area contributed by atoms with Crippen molar-refractivity contribution in [1.29, 1.82) is 0 Å². The molecule has 0 aromatic heterocycles. The molecule has 0 unspecified atom stereocenters. The molecule has 2 aromatic carbocycles. The molecule has 0 saturated carbocycles. The molecule has 0 heterocycles. The molecule has 2 amide bonds. The number of benzene rings is 2. The van der Waals surface area contributed by atoms with Crippen molar-refractivity contribution in [2.75, 3.05) is 0 Å². The second-order valence-corrected chi connectivity index (χ2v) is 6.29. The van der Waals surface area contributed by atoms with Crippen LogP contribution in [-0.4, -0.2) is 23.8 Å². The lowest BCUT2D eigenvalue weighted by atomic mass is 10.0. The predicted octanol–water partition coefficient (Wildman–Crippen LogP) is 2.20. The number of esters is 1. The van der Waals surface area contributed by atoms with E-state index >= 15 is 0 Å². The first-order valence-corrected chi connectivity index (χ1v) is 8.27. The van der Waals surface area contributed by atoms with Gasteiger partial charge in [-0.2, -0.15) is 0 Å². The minimum atomic E-state index is -0.832. The molecule has 1 atom stereocenters. The van der Waals surface area contributed by atoms with E-state index < -0.39 is 23.8 Å². The van der Waals surface area contributed by atoms with Gasteiger partial charge < -0.3 is 15.8 Å². The molecular weight excluding hydrogens is 388 g/mol. The van der Waals surface area contributed by atoms with Crippen LogP contribution in [0.2, 0.25) is 0 Å². The summed E-state index contributed by atoms with van der Waals surface area (Å²) in [6.45, 7) is 1.29. The molecule has 0 aliphatic rings. The average Bonchev–Trinajstić information content (AvgIpc) is 2.56. The number of hydrogen-bond donors (Lipinski definition) is 2. The fourth-order valence-corrected chi connectivity index (χ4v) is 2.43. The van der Waals surface area contributed by atoms with Gasteiger partial charge in [0.1, 0.15) is 11.8 Å². The highest BCUT2D eigenvalue weighted by atomic mass is 79.9. The molecule has 0 saturated heterocycles. The minimum absolute atomic E-state index is 0.292. The van der Waals surface area contributed by atoms with Crippen LogP contribution in [0.15, 0.2) is 53.0 Å². The molecule has 2 aromatic rings. The summed E-state index contributed by atoms with van der Waals surface area (Å²) in [7, 11) is 0. The first-order valence-electron chi connectivity index (χ1n) is 7.48. The van der Waals surface area contributed by atoms with Crippen molar-refractivity contribution in [3.8, 4) is 5.75 Å². The van der Waals surface area contributed by atoms with Gasteiger partial charge >= 0.3 is 5.97 Å². The highest BCUT2D eigenvalue weighted by molar-refractivity contribution is 9.10. The monoisotopic (exact) mass is 404 g/mol. The molecule has 0 bridgehead atoms. The Morgan fingerprint density at radius 1 is 1.08 bits per heavy atom. The number of hydrogen-bond acceptors (Lipinski definition) is 4. The van der Waals surface area contributed by atoms with Crippen LogP contribution in [-0.2, 0) is 16.0 Å². The molecule has 0 radical (unpaired) electrons. The van der Waals surface area contributed by atoms with Crippen LogP contribution >= 0.6 is 15.9 Å². The largest absolute Gasteiger partial charge is 0.427 e. The molecule has 130 valence electrons. The summed E-state index contributed by atoms with van der Waals surface area (Å²) in [5.41, 5.74) is 6.60. The third-order valence-electron chi connectivity index (χ3n) is 3.38. The van der Waals surface area contributed by atoms with Gasteiger partial charge in [-0.15, -0.1) is 0 Å². The second-order valence-electron chi connectivity index (χ2n) is 5.38. The van der Waals surface area contributed by atoms with Gasteiger partial charge in [0.15, 0.2) is 0 Å². The van der Waals surface area contributed by atoms with E-state index in [1.165, 1.54) is 31.2 Å². The maximum Gasteiger partial charge on any atom is 0.308 e. The first-order chi connectivity index (χ1) is 11.8. The fourth-order valence-electron chi connectivity index (χ4n) is 2.16. The van der Waals surface area contributed by atoms with Gasteiger partial charge in [-0.25, -0.2) is 0 Å². The number of amides is 2. The lowest BCUT2D eigenvalue weighted by Crippen LogP contribution is -2.45. The molecule has 2 rings (SSSR count). The van der Waals surface area contributed by atoms with E-state index in [2.05, 4.69) is 21.2 Å². The zero-order valence-corrected chi connectivity index (χ0v) is 15.1. The number of carbonyl (C=O) groups excluding carboxylic acids is 3. The Labute approximate surface area is 153 Å². The van der Waals surface area contributed by atoms with E-state index in [0.29, 0.717) is 17.7 Å². The number of nitrogens with one attached hydrogen (secondary N) is 1. The van der Waals surface area contributed by atoms with Gasteiger partial charge in [-0.05, 0) is 42.0 Å². The van der Waals surface area contributed by atoms with E-state index in [4.69, 9.17) is 10.5 Å². The number of primary amides is 1. The quantitative estimate of drug-likeness (QED) is 0.569. The SMILES string of the molecule is CC(=O)Oc1ccc(C(=O)N[C@@H](Cc2ccc(Br)cc2)C(N)=O)cc1. The number of rotatable bonds is 6. The fraction of sp³-hybridized carbons (Fsp3) is 0.167. The maximum absolute atomic E-state index is 12.3. The van der Waals surface area contributed by atoms with E-state index in [1.54, 1.807) is 0 Å². The second kappa shape index (κ2) is 8.43. The van der Waals surface area contributed by atoms with Gasteiger partial charge in [-0.3, -0.25) is 14.4 Å². The Morgan fingerprint density at radius 3 is 2.20 bits per heavy atom. The normalized spacial score (nSPS) is 11.4. The molecule has 6 nitrogen and oxygen atoms in total. The molecule has 0 fully saturated rings. The molecule has 0 aliphatic heterocycles. The smallest absolute Gasteiger partial charge is 0.308 e. The van der Waals surface area contributed by atoms with E-state index in [0.717, 1.165) is 10.0 Å². The van der Waals surface area contributed by atoms with Gasteiger partial charge in [-0.1, -0.05) is 28.1 Å². The van der Waals surface area contributed by atoms with Crippen LogP contribution in [0.1, 0.15) is 22.8 Å². The number of carbonyl (C=O) groups is 3. The topological polar surface area (TPSA) is 98.5 Å². The van der Waals surface area contributed by atoms with Gasteiger partial charge in [0.2, 0.25) is 5.91 Å². The van der Waals surface area contributed by atoms with Crippen molar-refractivity contribution >= 4 is 33.7 Å². The number of nitrogens with two attached hydrogens (primary N) is 1. The Morgan fingerprint density at radius 2 is 1.68 bits per heavy atom. The summed E-state index contributed by atoms with van der Waals surface area (Å²) >= 11 is 3.34. The average molecular weight is 405 g/mol. The Hall–Kier alpha value is -2.67. The Balaban J connectivity index is 2.05. The van der Waals surface area contributed by atoms with Crippen LogP contribution in [0.4, 0.5) is 0 Å². The minimum Gasteiger partial charge on any atom is -0.427 e. The molecule has 0 spiro atoms. The van der Waals surface area contributed by atoms with E-state index in [-0.39, 0.29) is 0 Å². The van der Waals surface area contributed by atoms with Crippen molar-refractivity contribution in [1.82, 2.24) is 5.32 Å². The van der Waals surface area contributed by atoms with Crippen molar-refractivity contribution in [3.05, 3.63) is 64.1 Å². The van der Waals surface area contributed by atoms with Gasteiger partial charge in [0.05, 0.1) is 0 Å². The Bertz CT molecular complexity index is 773. The summed E-state index contributed by atoms with van der Waals surface area (Å²) in [6, 6.07) is 12.6. The van der Waals surface area contributed by atoms with E-state index in [9.17, 15) is 14.4 Å². The third kappa shape index (κ3) is 5.72. The van der Waals surface area contributed by atoms with Crippen molar-refractivity contribution in [2.24, 2.45) is 5.73 Å². The molecule has 3 N–H and O–H groups in total. The van der Waals surface area contributed by atoms with E-state index in [1.807, 2.05) is 24.3 Å². The molecule has 0 aliphatic carbocycles. The summed E-state index contributed by atoms with van der Waals surface area (Å²) in [5.74, 6) is -1.16. The zero-order chi connectivity index (χ0) is 18.4. The molecule has 7 heteroatoms. The lowest BCUT2D eigenvalue weighted by molar-refractivity contribution is -0.131. The molecular formula is C18H17BrN2O4. The van der Waals surface area contributed by atoms with Crippen molar-refractivity contribution in [3.63, 3.8) is 0 Å². The zero-order valence-electron chi connectivity index (χ0n) is 13.5. The van der Waals surface area contributed by atoms with Gasteiger partial charge in [0.25, 0.3) is 5.91 Å². The summed E-state index contributed by atoms with van der Waals surface area (Å²) in [5, 5.41) is 2.62. The summed E-state index contributed by atoms with van der Waals surface area (Å²) in [4.78, 5) is 34.8. The lowest BCUT2D eigenvalue weighted by Gasteiger charge is -2.16. The highest BCUT2D eigenvalue weighted by Gasteiger charge is 2.19. The van der Waals surface area contributed by atoms with Crippen LogP contribution in [0.3, 0.4) is 0 Å². The molecule has 25 heavy (non-hydrogen) atoms. The van der Waals surface area contributed by atoms with Crippen molar-refractivity contribution in [2.45, 2.75) is 19.4 Å². The third-order valence-corrected chi connectivity index (χ3v) is 3.91. The number of ether oxygens (including phenoxy) is 1. The highest BCUT2D eigenvalue weighted by Crippen LogP contribution is 2.14. The Kier molecular flexibility index (Phi) is 6.30. The first kappa shape index (κ1) is 18.7. The number of halogens is 1. The van der Waals surface area contributed by atoms with Crippen molar-refractivity contribution < 1.29 is 19.1 Å². The van der Waals surface area contributed by atoms with Crippen LogP contribution < -0.4 is 15.8 Å².